The van der Waals surface area contributed by atoms with E-state index in [9.17, 15) is 27.9 Å². The number of amides is 1. The molecular weight excluding hydrogens is 587 g/mol. The molecule has 13 heteroatoms. The fourth-order valence-electron chi connectivity index (χ4n) is 4.53. The van der Waals surface area contributed by atoms with E-state index in [0.717, 1.165) is 17.5 Å². The monoisotopic (exact) mass is 609 g/mol. The number of pyridine rings is 3. The number of hydrogen-bond donors (Lipinski definition) is 1. The van der Waals surface area contributed by atoms with Crippen LogP contribution in [-0.4, -0.2) is 42.5 Å². The lowest BCUT2D eigenvalue weighted by atomic mass is 10.1. The Labute approximate surface area is 248 Å². The maximum absolute atomic E-state index is 14.1. The highest BCUT2D eigenvalue weighted by Crippen LogP contribution is 2.38. The van der Waals surface area contributed by atoms with E-state index in [1.807, 2.05) is 12.1 Å². The molecule has 0 aliphatic carbocycles. The number of alkyl halides is 3. The van der Waals surface area contributed by atoms with Gasteiger partial charge in [-0.05, 0) is 74.0 Å². The van der Waals surface area contributed by atoms with Crippen LogP contribution in [0.3, 0.4) is 0 Å². The number of halogens is 4. The molecule has 0 bridgehead atoms. The molecule has 4 heterocycles. The molecule has 9 nitrogen and oxygen atoms in total. The number of anilines is 1. The van der Waals surface area contributed by atoms with Gasteiger partial charge in [0.05, 0.1) is 22.8 Å². The number of nitrogens with zero attached hydrogens (tertiary/aromatic N) is 5. The molecule has 1 N–H and O–H groups in total. The highest BCUT2D eigenvalue weighted by Gasteiger charge is 2.36. The third-order valence-corrected chi connectivity index (χ3v) is 6.67. The summed E-state index contributed by atoms with van der Waals surface area (Å²) >= 11 is 5.87. The minimum absolute atomic E-state index is 0.00325. The Balaban J connectivity index is 1.47. The lowest BCUT2D eigenvalue weighted by molar-refractivity contribution is -0.138. The zero-order valence-electron chi connectivity index (χ0n) is 22.7. The maximum Gasteiger partial charge on any atom is 0.421 e. The van der Waals surface area contributed by atoms with Gasteiger partial charge in [-0.3, -0.25) is 4.79 Å². The molecule has 1 aromatic carbocycles. The lowest BCUT2D eigenvalue weighted by Gasteiger charge is -2.28. The molecule has 1 amide bonds. The maximum atomic E-state index is 14.1. The Bertz CT molecular complexity index is 1820. The van der Waals surface area contributed by atoms with Gasteiger partial charge >= 0.3 is 12.1 Å². The summed E-state index contributed by atoms with van der Waals surface area (Å²) in [6.07, 6.45) is 1.03. The van der Waals surface area contributed by atoms with Gasteiger partial charge in [-0.1, -0.05) is 11.6 Å². The Kier molecular flexibility index (Phi) is 8.05. The fourth-order valence-corrected chi connectivity index (χ4v) is 4.64. The van der Waals surface area contributed by atoms with Crippen molar-refractivity contribution >= 4 is 40.2 Å². The summed E-state index contributed by atoms with van der Waals surface area (Å²) in [4.78, 5) is 39.0. The van der Waals surface area contributed by atoms with Crippen molar-refractivity contribution in [1.29, 1.82) is 0 Å². The molecule has 0 aliphatic rings. The standard InChI is InChI=1S/C30H23ClF3N5O4/c1-17(2)39(28(40)24-7-5-20(31)15-36-24)25-8-6-21(13-22(25)29(41)42)43-27-23(30(32,33)34)12-18(14-37-27)16-38-11-9-19-4-3-10-35-26(19)38/h3-15,17H,16H2,1-2H3,(H,41,42). The van der Waals surface area contributed by atoms with E-state index < -0.39 is 35.5 Å². The Morgan fingerprint density at radius 3 is 2.51 bits per heavy atom. The van der Waals surface area contributed by atoms with Crippen LogP contribution in [-0.2, 0) is 12.7 Å². The van der Waals surface area contributed by atoms with Gasteiger partial charge in [0.2, 0.25) is 5.88 Å². The van der Waals surface area contributed by atoms with Gasteiger partial charge in [-0.25, -0.2) is 19.7 Å². The molecule has 0 saturated carbocycles. The molecule has 0 radical (unpaired) electrons. The number of carboxylic acids is 1. The summed E-state index contributed by atoms with van der Waals surface area (Å²) in [6, 6.07) is 12.3. The number of aromatic nitrogens is 4. The second-order valence-corrected chi connectivity index (χ2v) is 10.2. The molecule has 43 heavy (non-hydrogen) atoms. The van der Waals surface area contributed by atoms with Crippen LogP contribution in [0.25, 0.3) is 11.0 Å². The normalized spacial score (nSPS) is 11.6. The fraction of sp³-hybridized carbons (Fsp3) is 0.167. The van der Waals surface area contributed by atoms with Crippen molar-refractivity contribution in [1.82, 2.24) is 19.5 Å². The van der Waals surface area contributed by atoms with Crippen molar-refractivity contribution < 1.29 is 32.6 Å². The van der Waals surface area contributed by atoms with Crippen LogP contribution >= 0.6 is 11.6 Å². The first-order valence-electron chi connectivity index (χ1n) is 12.9. The SMILES string of the molecule is CC(C)N(C(=O)c1ccc(Cl)cn1)c1ccc(Oc2ncc(Cn3ccc4cccnc43)cc2C(F)(F)F)cc1C(=O)O. The first kappa shape index (κ1) is 29.5. The zero-order valence-corrected chi connectivity index (χ0v) is 23.5. The van der Waals surface area contributed by atoms with Crippen molar-refractivity contribution in [2.24, 2.45) is 0 Å². The molecule has 5 rings (SSSR count). The third-order valence-electron chi connectivity index (χ3n) is 6.44. The third kappa shape index (κ3) is 6.28. The van der Waals surface area contributed by atoms with E-state index in [1.54, 1.807) is 36.9 Å². The second-order valence-electron chi connectivity index (χ2n) is 9.77. The molecule has 5 aromatic rings. The van der Waals surface area contributed by atoms with E-state index in [-0.39, 0.29) is 34.8 Å². The van der Waals surface area contributed by atoms with Gasteiger partial charge in [0.15, 0.2) is 0 Å². The van der Waals surface area contributed by atoms with Crippen LogP contribution in [0.5, 0.6) is 11.6 Å². The van der Waals surface area contributed by atoms with Crippen molar-refractivity contribution in [3.05, 3.63) is 107 Å². The number of carbonyl (C=O) groups is 2. The molecule has 0 fully saturated rings. The summed E-state index contributed by atoms with van der Waals surface area (Å²) in [5, 5.41) is 11.1. The van der Waals surface area contributed by atoms with Gasteiger partial charge in [-0.2, -0.15) is 13.2 Å². The van der Waals surface area contributed by atoms with Crippen molar-refractivity contribution in [3.63, 3.8) is 0 Å². The topological polar surface area (TPSA) is 110 Å². The van der Waals surface area contributed by atoms with E-state index in [2.05, 4.69) is 15.0 Å². The predicted molar refractivity (Wildman–Crippen MR) is 153 cm³/mol. The van der Waals surface area contributed by atoms with E-state index >= 15 is 0 Å². The Hall–Kier alpha value is -4.97. The number of rotatable bonds is 8. The molecule has 220 valence electrons. The number of aromatic carboxylic acids is 1. The number of carboxylic acid groups (broad SMARTS) is 1. The first-order valence-corrected chi connectivity index (χ1v) is 13.3. The van der Waals surface area contributed by atoms with Gasteiger partial charge < -0.3 is 19.3 Å². The number of hydrogen-bond acceptors (Lipinski definition) is 6. The molecule has 0 atom stereocenters. The molecular formula is C30H23ClF3N5O4. The summed E-state index contributed by atoms with van der Waals surface area (Å²) in [6.45, 7) is 3.44. The van der Waals surface area contributed by atoms with Gasteiger partial charge in [-0.15, -0.1) is 0 Å². The van der Waals surface area contributed by atoms with Crippen LogP contribution in [0.15, 0.2) is 79.4 Å². The Morgan fingerprint density at radius 1 is 1.05 bits per heavy atom. The molecule has 4 aromatic heterocycles. The average molecular weight is 610 g/mol. The minimum Gasteiger partial charge on any atom is -0.478 e. The number of fused-ring (bicyclic) bond motifs is 1. The van der Waals surface area contributed by atoms with Crippen LogP contribution < -0.4 is 9.64 Å². The average Bonchev–Trinajstić information content (AvgIpc) is 3.36. The summed E-state index contributed by atoms with van der Waals surface area (Å²) in [5.74, 6) is -2.98. The van der Waals surface area contributed by atoms with Crippen LogP contribution in [0, 0.1) is 0 Å². The quantitative estimate of drug-likeness (QED) is 0.200. The lowest BCUT2D eigenvalue weighted by Crippen LogP contribution is -2.38. The van der Waals surface area contributed by atoms with Gasteiger partial charge in [0.25, 0.3) is 5.91 Å². The molecule has 0 unspecified atom stereocenters. The number of benzene rings is 1. The Morgan fingerprint density at radius 2 is 1.84 bits per heavy atom. The number of carbonyl (C=O) groups excluding carboxylic acids is 1. The number of ether oxygens (including phenoxy) is 1. The zero-order chi connectivity index (χ0) is 30.9. The molecule has 0 aliphatic heterocycles. The van der Waals surface area contributed by atoms with Crippen LogP contribution in [0.2, 0.25) is 5.02 Å². The van der Waals surface area contributed by atoms with Gasteiger partial charge in [0.1, 0.15) is 22.7 Å². The van der Waals surface area contributed by atoms with Crippen molar-refractivity contribution in [2.45, 2.75) is 32.6 Å². The van der Waals surface area contributed by atoms with Crippen molar-refractivity contribution in [3.8, 4) is 11.6 Å². The van der Waals surface area contributed by atoms with E-state index in [4.69, 9.17) is 16.3 Å². The highest BCUT2D eigenvalue weighted by atomic mass is 35.5. The second kappa shape index (κ2) is 11.7. The minimum atomic E-state index is -4.82. The molecule has 0 saturated heterocycles. The van der Waals surface area contributed by atoms with E-state index in [1.165, 1.54) is 41.6 Å². The highest BCUT2D eigenvalue weighted by molar-refractivity contribution is 6.30. The predicted octanol–water partition coefficient (Wildman–Crippen LogP) is 7.09. The summed E-state index contributed by atoms with van der Waals surface area (Å²) in [7, 11) is 0. The molecule has 0 spiro atoms. The smallest absolute Gasteiger partial charge is 0.421 e. The van der Waals surface area contributed by atoms with E-state index in [0.29, 0.717) is 10.7 Å². The van der Waals surface area contributed by atoms with Gasteiger partial charge in [0, 0.05) is 36.2 Å². The van der Waals surface area contributed by atoms with Crippen LogP contribution in [0.1, 0.15) is 45.8 Å². The van der Waals surface area contributed by atoms with Crippen molar-refractivity contribution in [2.75, 3.05) is 4.90 Å². The summed E-state index contributed by atoms with van der Waals surface area (Å²) < 4.78 is 49.5. The van der Waals surface area contributed by atoms with Crippen LogP contribution in [0.4, 0.5) is 18.9 Å². The first-order chi connectivity index (χ1) is 20.4. The largest absolute Gasteiger partial charge is 0.478 e. The summed E-state index contributed by atoms with van der Waals surface area (Å²) in [5.41, 5.74) is -0.611.